The summed E-state index contributed by atoms with van der Waals surface area (Å²) in [5, 5.41) is 8.18. The number of H-pyrrole nitrogens is 1. The minimum absolute atomic E-state index is 0.760. The summed E-state index contributed by atoms with van der Waals surface area (Å²) in [6.45, 7) is 3.26. The van der Waals surface area contributed by atoms with Crippen LogP contribution in [-0.2, 0) is 13.0 Å². The molecule has 0 spiro atoms. The number of halogens is 1. The first-order chi connectivity index (χ1) is 12.8. The Bertz CT molecular complexity index is 818. The number of nitrogens with one attached hydrogen (secondary N) is 1. The summed E-state index contributed by atoms with van der Waals surface area (Å²) in [5.74, 6) is 0.800. The zero-order valence-corrected chi connectivity index (χ0v) is 15.6. The van der Waals surface area contributed by atoms with Crippen molar-refractivity contribution in [3.8, 4) is 11.3 Å². The average Bonchev–Trinajstić information content (AvgIpc) is 3.13. The monoisotopic (exact) mass is 365 g/mol. The summed E-state index contributed by atoms with van der Waals surface area (Å²) >= 11 is 6.01. The van der Waals surface area contributed by atoms with Gasteiger partial charge in [-0.15, -0.1) is 0 Å². The van der Waals surface area contributed by atoms with E-state index in [-0.39, 0.29) is 0 Å². The van der Waals surface area contributed by atoms with Crippen LogP contribution in [0.25, 0.3) is 11.3 Å². The number of rotatable bonds is 5. The molecule has 3 nitrogen and oxygen atoms in total. The zero-order valence-electron chi connectivity index (χ0n) is 14.9. The van der Waals surface area contributed by atoms with E-state index in [2.05, 4.69) is 45.4 Å². The first-order valence-corrected chi connectivity index (χ1v) is 9.70. The van der Waals surface area contributed by atoms with E-state index in [0.717, 1.165) is 41.8 Å². The second-order valence-electron chi connectivity index (χ2n) is 7.19. The quantitative estimate of drug-likeness (QED) is 0.675. The number of nitrogens with zero attached hydrogens (tertiary/aromatic N) is 2. The number of piperidine rings is 1. The van der Waals surface area contributed by atoms with Gasteiger partial charge in [0, 0.05) is 17.1 Å². The van der Waals surface area contributed by atoms with Crippen LogP contribution in [0.4, 0.5) is 0 Å². The fraction of sp³-hybridized carbons (Fsp3) is 0.318. The molecule has 0 unspecified atom stereocenters. The summed E-state index contributed by atoms with van der Waals surface area (Å²) in [6.07, 6.45) is 5.70. The maximum Gasteiger partial charge on any atom is 0.0695 e. The fourth-order valence-electron chi connectivity index (χ4n) is 3.83. The van der Waals surface area contributed by atoms with Gasteiger partial charge in [-0.3, -0.25) is 10.00 Å². The van der Waals surface area contributed by atoms with Gasteiger partial charge < -0.3 is 0 Å². The highest BCUT2D eigenvalue weighted by atomic mass is 35.5. The molecule has 134 valence electrons. The van der Waals surface area contributed by atoms with E-state index >= 15 is 0 Å². The Morgan fingerprint density at radius 3 is 2.46 bits per heavy atom. The number of hydrogen-bond acceptors (Lipinski definition) is 2. The molecule has 1 aliphatic rings. The van der Waals surface area contributed by atoms with Crippen LogP contribution in [-0.4, -0.2) is 28.2 Å². The van der Waals surface area contributed by atoms with Crippen molar-refractivity contribution in [1.82, 2.24) is 15.1 Å². The molecular weight excluding hydrogens is 342 g/mol. The van der Waals surface area contributed by atoms with Gasteiger partial charge in [0.15, 0.2) is 0 Å². The lowest BCUT2D eigenvalue weighted by molar-refractivity contribution is 0.177. The van der Waals surface area contributed by atoms with Crippen LogP contribution in [0.15, 0.2) is 60.8 Å². The molecule has 0 saturated carbocycles. The minimum atomic E-state index is 0.760. The van der Waals surface area contributed by atoms with Crippen LogP contribution in [0.5, 0.6) is 0 Å². The molecule has 4 heteroatoms. The van der Waals surface area contributed by atoms with Gasteiger partial charge in [-0.1, -0.05) is 54.1 Å². The molecule has 3 aromatic rings. The van der Waals surface area contributed by atoms with Crippen molar-refractivity contribution in [2.75, 3.05) is 13.1 Å². The van der Waals surface area contributed by atoms with Crippen molar-refractivity contribution in [2.45, 2.75) is 25.8 Å². The maximum atomic E-state index is 6.01. The van der Waals surface area contributed by atoms with Crippen LogP contribution >= 0.6 is 11.6 Å². The number of hydrogen-bond donors (Lipinski definition) is 1. The van der Waals surface area contributed by atoms with Crippen LogP contribution in [0.2, 0.25) is 5.02 Å². The summed E-state index contributed by atoms with van der Waals surface area (Å²) in [4.78, 5) is 2.55. The molecule has 1 fully saturated rings. The molecule has 0 amide bonds. The Kier molecular flexibility index (Phi) is 5.37. The molecule has 0 radical (unpaired) electrons. The Morgan fingerprint density at radius 1 is 1.00 bits per heavy atom. The lowest BCUT2D eigenvalue weighted by Gasteiger charge is -2.32. The van der Waals surface area contributed by atoms with E-state index < -0.39 is 0 Å². The Balaban J connectivity index is 1.35. The van der Waals surface area contributed by atoms with Gasteiger partial charge >= 0.3 is 0 Å². The van der Waals surface area contributed by atoms with Crippen LogP contribution < -0.4 is 0 Å². The van der Waals surface area contributed by atoms with Crippen molar-refractivity contribution < 1.29 is 0 Å². The highest BCUT2D eigenvalue weighted by molar-refractivity contribution is 6.30. The zero-order chi connectivity index (χ0) is 17.8. The van der Waals surface area contributed by atoms with Crippen molar-refractivity contribution in [3.63, 3.8) is 0 Å². The molecule has 0 bridgehead atoms. The highest BCUT2D eigenvalue weighted by Gasteiger charge is 2.21. The molecule has 1 N–H and O–H groups in total. The third kappa shape index (κ3) is 4.17. The SMILES string of the molecule is Clc1ccc(-c2[nH]ncc2CN2CCC(Cc3ccccc3)CC2)cc1. The summed E-state index contributed by atoms with van der Waals surface area (Å²) in [7, 11) is 0. The smallest absolute Gasteiger partial charge is 0.0695 e. The lowest BCUT2D eigenvalue weighted by atomic mass is 9.90. The van der Waals surface area contributed by atoms with Gasteiger partial charge in [0.2, 0.25) is 0 Å². The predicted octanol–water partition coefficient (Wildman–Crippen LogP) is 5.18. The summed E-state index contributed by atoms with van der Waals surface area (Å²) in [5.41, 5.74) is 4.97. The molecule has 26 heavy (non-hydrogen) atoms. The fourth-order valence-corrected chi connectivity index (χ4v) is 3.96. The number of aromatic nitrogens is 2. The second-order valence-corrected chi connectivity index (χ2v) is 7.62. The minimum Gasteiger partial charge on any atom is -0.299 e. The number of likely N-dealkylation sites (tertiary alicyclic amines) is 1. The van der Waals surface area contributed by atoms with Crippen LogP contribution in [0, 0.1) is 5.92 Å². The number of aromatic amines is 1. The van der Waals surface area contributed by atoms with Gasteiger partial charge in [-0.25, -0.2) is 0 Å². The Morgan fingerprint density at radius 2 is 1.73 bits per heavy atom. The Labute approximate surface area is 160 Å². The molecule has 1 saturated heterocycles. The van der Waals surface area contributed by atoms with E-state index in [1.807, 2.05) is 30.5 Å². The van der Waals surface area contributed by atoms with Crippen LogP contribution in [0.3, 0.4) is 0 Å². The van der Waals surface area contributed by atoms with E-state index in [4.69, 9.17) is 11.6 Å². The first-order valence-electron chi connectivity index (χ1n) is 9.32. The molecule has 4 rings (SSSR count). The van der Waals surface area contributed by atoms with Gasteiger partial charge in [0.1, 0.15) is 0 Å². The van der Waals surface area contributed by atoms with E-state index in [9.17, 15) is 0 Å². The summed E-state index contributed by atoms with van der Waals surface area (Å²) in [6, 6.07) is 18.8. The maximum absolute atomic E-state index is 6.01. The van der Waals surface area contributed by atoms with Gasteiger partial charge in [0.25, 0.3) is 0 Å². The molecular formula is C22H24ClN3. The molecule has 2 aromatic carbocycles. The van der Waals surface area contributed by atoms with Gasteiger partial charge in [-0.05, 0) is 61.5 Å². The Hall–Kier alpha value is -2.10. The molecule has 0 atom stereocenters. The molecule has 1 aliphatic heterocycles. The van der Waals surface area contributed by atoms with Crippen molar-refractivity contribution in [3.05, 3.63) is 76.9 Å². The third-order valence-electron chi connectivity index (χ3n) is 5.32. The highest BCUT2D eigenvalue weighted by Crippen LogP contribution is 2.27. The summed E-state index contributed by atoms with van der Waals surface area (Å²) < 4.78 is 0. The third-order valence-corrected chi connectivity index (χ3v) is 5.57. The van der Waals surface area contributed by atoms with Crippen LogP contribution in [0.1, 0.15) is 24.0 Å². The van der Waals surface area contributed by atoms with E-state index in [1.54, 1.807) is 0 Å². The molecule has 2 heterocycles. The van der Waals surface area contributed by atoms with Crippen molar-refractivity contribution in [1.29, 1.82) is 0 Å². The topological polar surface area (TPSA) is 31.9 Å². The van der Waals surface area contributed by atoms with Crippen molar-refractivity contribution in [2.24, 2.45) is 5.92 Å². The van der Waals surface area contributed by atoms with E-state index in [1.165, 1.54) is 30.4 Å². The standard InChI is InChI=1S/C22H24ClN3/c23-21-8-6-19(7-9-21)22-20(15-24-25-22)16-26-12-10-18(11-13-26)14-17-4-2-1-3-5-17/h1-9,15,18H,10-14,16H2,(H,24,25). The first kappa shape index (κ1) is 17.3. The second kappa shape index (κ2) is 8.07. The van der Waals surface area contributed by atoms with Crippen molar-refractivity contribution >= 4 is 11.6 Å². The van der Waals surface area contributed by atoms with Gasteiger partial charge in [0.05, 0.1) is 11.9 Å². The molecule has 0 aliphatic carbocycles. The van der Waals surface area contributed by atoms with E-state index in [0.29, 0.717) is 0 Å². The largest absolute Gasteiger partial charge is 0.299 e. The predicted molar refractivity (Wildman–Crippen MR) is 107 cm³/mol. The molecule has 1 aromatic heterocycles. The number of benzene rings is 2. The normalized spacial score (nSPS) is 16.0. The average molecular weight is 366 g/mol. The van der Waals surface area contributed by atoms with Gasteiger partial charge in [-0.2, -0.15) is 5.10 Å². The lowest BCUT2D eigenvalue weighted by Crippen LogP contribution is -2.33.